The van der Waals surface area contributed by atoms with E-state index in [2.05, 4.69) is 45.2 Å². The van der Waals surface area contributed by atoms with E-state index in [1.807, 2.05) is 48.5 Å². The van der Waals surface area contributed by atoms with Crippen molar-refractivity contribution >= 4 is 85.5 Å². The lowest BCUT2D eigenvalue weighted by Crippen LogP contribution is -2.22. The maximum atomic E-state index is 12.1. The van der Waals surface area contributed by atoms with Crippen molar-refractivity contribution < 1.29 is 9.53 Å². The lowest BCUT2D eigenvalue weighted by atomic mass is 10.2. The minimum absolute atomic E-state index is 0.0515. The van der Waals surface area contributed by atoms with Crippen molar-refractivity contribution in [3.05, 3.63) is 65.6 Å². The molecule has 0 radical (unpaired) electrons. The van der Waals surface area contributed by atoms with Gasteiger partial charge in [0.05, 0.1) is 12.0 Å². The highest BCUT2D eigenvalue weighted by molar-refractivity contribution is 14.1. The first-order valence-corrected chi connectivity index (χ1v) is 10.7. The molecular formula is C18H13I2NO2S2. The van der Waals surface area contributed by atoms with E-state index >= 15 is 0 Å². The predicted octanol–water partition coefficient (Wildman–Crippen LogP) is 5.31. The number of benzene rings is 2. The molecule has 1 heterocycles. The molecule has 1 fully saturated rings. The van der Waals surface area contributed by atoms with Gasteiger partial charge in [-0.25, -0.2) is 0 Å². The molecular weight excluding hydrogens is 580 g/mol. The minimum atomic E-state index is -0.0515. The van der Waals surface area contributed by atoms with Crippen molar-refractivity contribution in [2.45, 2.75) is 6.61 Å². The standard InChI is InChI=1S/C18H13I2NO2S2/c1-21-17(22)15(25-18(21)24)9-12-7-13(19)16(14(20)8-12)23-10-11-5-3-2-4-6-11/h2-9H,10H2,1H3/b15-9+. The molecule has 0 aromatic heterocycles. The highest BCUT2D eigenvalue weighted by atomic mass is 127. The summed E-state index contributed by atoms with van der Waals surface area (Å²) in [6.45, 7) is 0.528. The summed E-state index contributed by atoms with van der Waals surface area (Å²) < 4.78 is 8.61. The smallest absolute Gasteiger partial charge is 0.265 e. The Morgan fingerprint density at radius 3 is 2.40 bits per heavy atom. The van der Waals surface area contributed by atoms with Crippen LogP contribution in [0, 0.1) is 7.14 Å². The highest BCUT2D eigenvalue weighted by Crippen LogP contribution is 2.34. The molecule has 0 spiro atoms. The number of amides is 1. The second-order valence-electron chi connectivity index (χ2n) is 5.33. The molecule has 3 nitrogen and oxygen atoms in total. The lowest BCUT2D eigenvalue weighted by Gasteiger charge is -2.11. The fraction of sp³-hybridized carbons (Fsp3) is 0.111. The van der Waals surface area contributed by atoms with Gasteiger partial charge >= 0.3 is 0 Å². The molecule has 0 bridgehead atoms. The summed E-state index contributed by atoms with van der Waals surface area (Å²) in [5, 5.41) is 0. The normalized spacial score (nSPS) is 16.0. The largest absolute Gasteiger partial charge is 0.487 e. The van der Waals surface area contributed by atoms with Crippen LogP contribution in [0.4, 0.5) is 0 Å². The van der Waals surface area contributed by atoms with Crippen molar-refractivity contribution in [3.63, 3.8) is 0 Å². The summed E-state index contributed by atoms with van der Waals surface area (Å²) in [4.78, 5) is 14.3. The Hall–Kier alpha value is -0.650. The van der Waals surface area contributed by atoms with Crippen LogP contribution in [0.2, 0.25) is 0 Å². The summed E-state index contributed by atoms with van der Waals surface area (Å²) >= 11 is 11.0. The number of thioether (sulfide) groups is 1. The van der Waals surface area contributed by atoms with Crippen molar-refractivity contribution in [3.8, 4) is 5.75 Å². The van der Waals surface area contributed by atoms with Gasteiger partial charge in [0, 0.05) is 7.05 Å². The molecule has 0 atom stereocenters. The molecule has 3 rings (SSSR count). The van der Waals surface area contributed by atoms with Crippen LogP contribution in [0.5, 0.6) is 5.75 Å². The van der Waals surface area contributed by atoms with Crippen LogP contribution in [0.15, 0.2) is 47.4 Å². The summed E-state index contributed by atoms with van der Waals surface area (Å²) in [5.41, 5.74) is 2.10. The Morgan fingerprint density at radius 1 is 1.20 bits per heavy atom. The monoisotopic (exact) mass is 593 g/mol. The van der Waals surface area contributed by atoms with Crippen LogP contribution < -0.4 is 4.74 Å². The number of thiocarbonyl (C=S) groups is 1. The van der Waals surface area contributed by atoms with E-state index < -0.39 is 0 Å². The molecule has 7 heteroatoms. The number of hydrogen-bond acceptors (Lipinski definition) is 4. The topological polar surface area (TPSA) is 29.5 Å². The molecule has 1 saturated heterocycles. The van der Waals surface area contributed by atoms with Crippen molar-refractivity contribution in [2.24, 2.45) is 0 Å². The number of likely N-dealkylation sites (N-methyl/N-ethyl adjacent to an activating group) is 1. The van der Waals surface area contributed by atoms with E-state index in [9.17, 15) is 4.79 Å². The molecule has 128 valence electrons. The first kappa shape index (κ1) is 19.1. The van der Waals surface area contributed by atoms with E-state index in [-0.39, 0.29) is 5.91 Å². The predicted molar refractivity (Wildman–Crippen MR) is 124 cm³/mol. The van der Waals surface area contributed by atoms with Gasteiger partial charge in [0.25, 0.3) is 5.91 Å². The van der Waals surface area contributed by atoms with Gasteiger partial charge in [-0.05, 0) is 74.5 Å². The summed E-state index contributed by atoms with van der Waals surface area (Å²) in [6, 6.07) is 14.1. The lowest BCUT2D eigenvalue weighted by molar-refractivity contribution is -0.121. The van der Waals surface area contributed by atoms with E-state index in [0.29, 0.717) is 15.8 Å². The number of carbonyl (C=O) groups is 1. The van der Waals surface area contributed by atoms with Crippen LogP contribution in [0.1, 0.15) is 11.1 Å². The fourth-order valence-electron chi connectivity index (χ4n) is 2.23. The first-order valence-electron chi connectivity index (χ1n) is 7.33. The molecule has 25 heavy (non-hydrogen) atoms. The number of hydrogen-bond donors (Lipinski definition) is 0. The Kier molecular flexibility index (Phi) is 6.39. The Morgan fingerprint density at radius 2 is 1.84 bits per heavy atom. The van der Waals surface area contributed by atoms with Gasteiger partial charge in [-0.2, -0.15) is 0 Å². The van der Waals surface area contributed by atoms with E-state index in [1.54, 1.807) is 7.05 Å². The number of ether oxygens (including phenoxy) is 1. The first-order chi connectivity index (χ1) is 12.0. The molecule has 1 amide bonds. The molecule has 2 aromatic rings. The quantitative estimate of drug-likeness (QED) is 0.274. The van der Waals surface area contributed by atoms with E-state index in [0.717, 1.165) is 24.0 Å². The number of nitrogens with zero attached hydrogens (tertiary/aromatic N) is 1. The second-order valence-corrected chi connectivity index (χ2v) is 9.33. The third-order valence-electron chi connectivity index (χ3n) is 3.53. The van der Waals surface area contributed by atoms with Crippen LogP contribution >= 0.6 is 69.2 Å². The molecule has 1 aliphatic heterocycles. The number of halogens is 2. The zero-order chi connectivity index (χ0) is 18.0. The third kappa shape index (κ3) is 4.55. The summed E-state index contributed by atoms with van der Waals surface area (Å²) in [7, 11) is 1.70. The Labute approximate surface area is 183 Å². The zero-order valence-electron chi connectivity index (χ0n) is 13.2. The number of carbonyl (C=O) groups excluding carboxylic acids is 1. The van der Waals surface area contributed by atoms with Crippen LogP contribution in [-0.4, -0.2) is 22.2 Å². The Balaban J connectivity index is 1.81. The fourth-order valence-corrected chi connectivity index (χ4v) is 5.53. The van der Waals surface area contributed by atoms with Gasteiger partial charge in [-0.3, -0.25) is 9.69 Å². The van der Waals surface area contributed by atoms with E-state index in [1.165, 1.54) is 16.7 Å². The second kappa shape index (κ2) is 8.36. The van der Waals surface area contributed by atoms with Gasteiger partial charge in [0.1, 0.15) is 16.7 Å². The molecule has 0 saturated carbocycles. The molecule has 2 aromatic carbocycles. The zero-order valence-corrected chi connectivity index (χ0v) is 19.1. The highest BCUT2D eigenvalue weighted by Gasteiger charge is 2.28. The maximum Gasteiger partial charge on any atom is 0.265 e. The van der Waals surface area contributed by atoms with Gasteiger partial charge in [0.15, 0.2) is 0 Å². The van der Waals surface area contributed by atoms with Crippen molar-refractivity contribution in [1.29, 1.82) is 0 Å². The van der Waals surface area contributed by atoms with Crippen LogP contribution in [0.25, 0.3) is 6.08 Å². The van der Waals surface area contributed by atoms with Gasteiger partial charge in [-0.1, -0.05) is 54.3 Å². The van der Waals surface area contributed by atoms with Gasteiger partial charge in [-0.15, -0.1) is 0 Å². The molecule has 1 aliphatic rings. The minimum Gasteiger partial charge on any atom is -0.487 e. The summed E-state index contributed by atoms with van der Waals surface area (Å²) in [6.07, 6.45) is 1.88. The van der Waals surface area contributed by atoms with Crippen LogP contribution in [-0.2, 0) is 11.4 Å². The van der Waals surface area contributed by atoms with E-state index in [4.69, 9.17) is 17.0 Å². The maximum absolute atomic E-state index is 12.1. The Bertz CT molecular complexity index is 846. The molecule has 0 N–H and O–H groups in total. The average Bonchev–Trinajstić information content (AvgIpc) is 2.82. The number of rotatable bonds is 4. The SMILES string of the molecule is CN1C(=O)/C(=C\c2cc(I)c(OCc3ccccc3)c(I)c2)SC1=S. The summed E-state index contributed by atoms with van der Waals surface area (Å²) in [5.74, 6) is 0.815. The van der Waals surface area contributed by atoms with Crippen molar-refractivity contribution in [2.75, 3.05) is 7.05 Å². The third-order valence-corrected chi connectivity index (χ3v) is 6.62. The molecule has 0 unspecified atom stereocenters. The average molecular weight is 593 g/mol. The molecule has 0 aliphatic carbocycles. The van der Waals surface area contributed by atoms with Gasteiger partial charge < -0.3 is 4.74 Å². The van der Waals surface area contributed by atoms with Crippen molar-refractivity contribution in [1.82, 2.24) is 4.90 Å². The van der Waals surface area contributed by atoms with Crippen LogP contribution in [0.3, 0.4) is 0 Å². The van der Waals surface area contributed by atoms with Gasteiger partial charge in [0.2, 0.25) is 0 Å².